The van der Waals surface area contributed by atoms with Gasteiger partial charge in [0.2, 0.25) is 10.0 Å². The smallest absolute Gasteiger partial charge is 0.240 e. The van der Waals surface area contributed by atoms with Crippen LogP contribution in [0, 0.1) is 12.3 Å². The van der Waals surface area contributed by atoms with E-state index in [9.17, 15) is 8.42 Å². The lowest BCUT2D eigenvalue weighted by Gasteiger charge is -2.16. The molecule has 1 fully saturated rings. The standard InChI is InChI=1S/C13H20N2O2S/c1-11-5-3-4-6-12(11)18(16,17)15-10-13(7-8-13)9-14-2/h3-6,14-15H,7-10H2,1-2H3. The third-order valence-electron chi connectivity index (χ3n) is 3.53. The van der Waals surface area contributed by atoms with Gasteiger partial charge in [0.25, 0.3) is 0 Å². The van der Waals surface area contributed by atoms with Crippen molar-refractivity contribution in [3.8, 4) is 0 Å². The van der Waals surface area contributed by atoms with E-state index < -0.39 is 10.0 Å². The predicted molar refractivity (Wildman–Crippen MR) is 72.0 cm³/mol. The Labute approximate surface area is 109 Å². The summed E-state index contributed by atoms with van der Waals surface area (Å²) in [4.78, 5) is 0.380. The summed E-state index contributed by atoms with van der Waals surface area (Å²) in [6, 6.07) is 7.06. The van der Waals surface area contributed by atoms with Gasteiger partial charge in [-0.15, -0.1) is 0 Å². The van der Waals surface area contributed by atoms with Crippen molar-refractivity contribution in [2.24, 2.45) is 5.41 Å². The summed E-state index contributed by atoms with van der Waals surface area (Å²) in [5, 5.41) is 3.12. The van der Waals surface area contributed by atoms with E-state index in [2.05, 4.69) is 10.0 Å². The van der Waals surface area contributed by atoms with E-state index in [0.29, 0.717) is 11.4 Å². The molecule has 0 atom stereocenters. The van der Waals surface area contributed by atoms with Gasteiger partial charge < -0.3 is 5.32 Å². The lowest BCUT2D eigenvalue weighted by atomic mass is 10.1. The van der Waals surface area contributed by atoms with E-state index in [1.54, 1.807) is 12.1 Å². The number of hydrogen-bond donors (Lipinski definition) is 2. The molecule has 5 heteroatoms. The maximum Gasteiger partial charge on any atom is 0.240 e. The molecular weight excluding hydrogens is 248 g/mol. The third-order valence-corrected chi connectivity index (χ3v) is 5.09. The number of sulfonamides is 1. The fourth-order valence-corrected chi connectivity index (χ4v) is 3.55. The second kappa shape index (κ2) is 4.99. The number of hydrogen-bond acceptors (Lipinski definition) is 3. The molecule has 0 aromatic heterocycles. The Balaban J connectivity index is 2.07. The molecule has 0 amide bonds. The first-order valence-electron chi connectivity index (χ1n) is 6.19. The van der Waals surface area contributed by atoms with E-state index in [1.807, 2.05) is 26.1 Å². The van der Waals surface area contributed by atoms with E-state index in [-0.39, 0.29) is 5.41 Å². The quantitative estimate of drug-likeness (QED) is 0.817. The maximum atomic E-state index is 12.2. The summed E-state index contributed by atoms with van der Waals surface area (Å²) in [6.45, 7) is 3.20. The van der Waals surface area contributed by atoms with Crippen LogP contribution in [0.3, 0.4) is 0 Å². The summed E-state index contributed by atoms with van der Waals surface area (Å²) < 4.78 is 27.1. The van der Waals surface area contributed by atoms with Gasteiger partial charge in [-0.1, -0.05) is 18.2 Å². The fraction of sp³-hybridized carbons (Fsp3) is 0.538. The molecule has 0 saturated heterocycles. The Morgan fingerprint density at radius 1 is 1.22 bits per heavy atom. The van der Waals surface area contributed by atoms with Crippen LogP contribution in [0.15, 0.2) is 29.2 Å². The molecule has 2 rings (SSSR count). The number of aryl methyl sites for hydroxylation is 1. The van der Waals surface area contributed by atoms with Crippen LogP contribution in [-0.2, 0) is 10.0 Å². The van der Waals surface area contributed by atoms with Gasteiger partial charge in [0.15, 0.2) is 0 Å². The third kappa shape index (κ3) is 2.91. The molecule has 0 spiro atoms. The van der Waals surface area contributed by atoms with Crippen molar-refractivity contribution >= 4 is 10.0 Å². The van der Waals surface area contributed by atoms with Crippen molar-refractivity contribution in [1.82, 2.24) is 10.0 Å². The van der Waals surface area contributed by atoms with Crippen molar-refractivity contribution in [3.63, 3.8) is 0 Å². The number of benzene rings is 1. The number of nitrogens with one attached hydrogen (secondary N) is 2. The van der Waals surface area contributed by atoms with Crippen molar-refractivity contribution < 1.29 is 8.42 Å². The maximum absolute atomic E-state index is 12.2. The van der Waals surface area contributed by atoms with E-state index in [0.717, 1.165) is 24.9 Å². The van der Waals surface area contributed by atoms with Crippen LogP contribution < -0.4 is 10.0 Å². The normalized spacial score (nSPS) is 17.7. The second-order valence-electron chi connectivity index (χ2n) is 5.12. The molecule has 4 nitrogen and oxygen atoms in total. The van der Waals surface area contributed by atoms with Crippen molar-refractivity contribution in [3.05, 3.63) is 29.8 Å². The summed E-state index contributed by atoms with van der Waals surface area (Å²) in [7, 11) is -1.48. The molecule has 1 aromatic carbocycles. The molecule has 2 N–H and O–H groups in total. The van der Waals surface area contributed by atoms with E-state index >= 15 is 0 Å². The van der Waals surface area contributed by atoms with Gasteiger partial charge in [-0.25, -0.2) is 13.1 Å². The zero-order valence-corrected chi connectivity index (χ0v) is 11.7. The molecule has 1 aliphatic rings. The zero-order valence-electron chi connectivity index (χ0n) is 10.9. The Kier molecular flexibility index (Phi) is 3.75. The summed E-state index contributed by atoms with van der Waals surface area (Å²) in [5.41, 5.74) is 0.910. The highest BCUT2D eigenvalue weighted by molar-refractivity contribution is 7.89. The Hall–Kier alpha value is -0.910. The Morgan fingerprint density at radius 2 is 1.89 bits per heavy atom. The monoisotopic (exact) mass is 268 g/mol. The molecule has 100 valence electrons. The molecule has 1 aromatic rings. The Morgan fingerprint density at radius 3 is 2.44 bits per heavy atom. The van der Waals surface area contributed by atoms with Gasteiger partial charge in [0.1, 0.15) is 0 Å². The first-order valence-corrected chi connectivity index (χ1v) is 7.67. The number of rotatable bonds is 6. The van der Waals surface area contributed by atoms with Gasteiger partial charge in [-0.05, 0) is 43.9 Å². The molecule has 0 heterocycles. The van der Waals surface area contributed by atoms with Crippen LogP contribution in [0.5, 0.6) is 0 Å². The van der Waals surface area contributed by atoms with Crippen LogP contribution in [0.2, 0.25) is 0 Å². The topological polar surface area (TPSA) is 58.2 Å². The predicted octanol–water partition coefficient (Wildman–Crippen LogP) is 1.27. The minimum atomic E-state index is -3.38. The lowest BCUT2D eigenvalue weighted by Crippen LogP contribution is -2.35. The highest BCUT2D eigenvalue weighted by atomic mass is 32.2. The van der Waals surface area contributed by atoms with Crippen LogP contribution in [-0.4, -0.2) is 28.6 Å². The average molecular weight is 268 g/mol. The van der Waals surface area contributed by atoms with Crippen molar-refractivity contribution in [2.45, 2.75) is 24.7 Å². The first kappa shape index (κ1) is 13.5. The first-order chi connectivity index (χ1) is 8.49. The highest BCUT2D eigenvalue weighted by Crippen LogP contribution is 2.44. The van der Waals surface area contributed by atoms with Crippen molar-refractivity contribution in [2.75, 3.05) is 20.1 Å². The van der Waals surface area contributed by atoms with Gasteiger partial charge in [-0.2, -0.15) is 0 Å². The second-order valence-corrected chi connectivity index (χ2v) is 6.86. The van der Waals surface area contributed by atoms with Crippen LogP contribution in [0.1, 0.15) is 18.4 Å². The van der Waals surface area contributed by atoms with Gasteiger partial charge in [0, 0.05) is 13.1 Å². The van der Waals surface area contributed by atoms with E-state index in [1.165, 1.54) is 0 Å². The van der Waals surface area contributed by atoms with Gasteiger partial charge in [-0.3, -0.25) is 0 Å². The van der Waals surface area contributed by atoms with Crippen molar-refractivity contribution in [1.29, 1.82) is 0 Å². The highest BCUT2D eigenvalue weighted by Gasteiger charge is 2.42. The Bertz CT molecular complexity index is 522. The molecular formula is C13H20N2O2S. The SMILES string of the molecule is CNCC1(CNS(=O)(=O)c2ccccc2C)CC1. The van der Waals surface area contributed by atoms with Gasteiger partial charge in [0.05, 0.1) is 4.90 Å². The zero-order chi connectivity index (χ0) is 13.2. The minimum Gasteiger partial charge on any atom is -0.319 e. The molecule has 0 bridgehead atoms. The molecule has 0 radical (unpaired) electrons. The molecule has 1 aliphatic carbocycles. The van der Waals surface area contributed by atoms with Crippen LogP contribution in [0.25, 0.3) is 0 Å². The van der Waals surface area contributed by atoms with E-state index in [4.69, 9.17) is 0 Å². The molecule has 0 aliphatic heterocycles. The summed E-state index contributed by atoms with van der Waals surface area (Å²) in [6.07, 6.45) is 2.17. The van der Waals surface area contributed by atoms with Crippen LogP contribution in [0.4, 0.5) is 0 Å². The molecule has 18 heavy (non-hydrogen) atoms. The molecule has 0 unspecified atom stereocenters. The molecule has 1 saturated carbocycles. The average Bonchev–Trinajstić information content (AvgIpc) is 3.08. The van der Waals surface area contributed by atoms with Gasteiger partial charge >= 0.3 is 0 Å². The minimum absolute atomic E-state index is 0.129. The summed E-state index contributed by atoms with van der Waals surface area (Å²) in [5.74, 6) is 0. The summed E-state index contributed by atoms with van der Waals surface area (Å²) >= 11 is 0. The largest absolute Gasteiger partial charge is 0.319 e. The lowest BCUT2D eigenvalue weighted by molar-refractivity contribution is 0.468. The van der Waals surface area contributed by atoms with Crippen LogP contribution >= 0.6 is 0 Å². The fourth-order valence-electron chi connectivity index (χ4n) is 2.15.